The van der Waals surface area contributed by atoms with Crippen molar-refractivity contribution in [3.05, 3.63) is 71.8 Å². The van der Waals surface area contributed by atoms with Crippen molar-refractivity contribution < 1.29 is 42.7 Å². The second-order valence-electron chi connectivity index (χ2n) is 20.1. The van der Waals surface area contributed by atoms with E-state index in [0.29, 0.717) is 122 Å². The summed E-state index contributed by atoms with van der Waals surface area (Å²) in [7, 11) is 0. The summed E-state index contributed by atoms with van der Waals surface area (Å²) in [5.41, 5.74) is 33.0. The second-order valence-corrected chi connectivity index (χ2v) is 20.1. The average Bonchev–Trinajstić information content (AvgIpc) is 4.15. The van der Waals surface area contributed by atoms with Crippen LogP contribution in [0.15, 0.2) is 70.6 Å². The molecule has 4 rings (SSSR count). The van der Waals surface area contributed by atoms with Crippen molar-refractivity contribution in [1.29, 1.82) is 0 Å². The standard InChI is InChI=1S/C56H92N14O8/c57-31-13-16-33-63-36-21-39-66-69(41-18-17-34-62-35-20-32-58)52(74)47-29-30-48(53(75)77-42-44-22-7-5-8-23-44)70(47,56(76)78-43-45-24-9-6-10-25-45)50(72)28-12-2-4-15-38-65-55(61)67-51(73)46-26-19-40-68(46)49(71)27-11-1-3-14-37-64-54(59)60/h5-10,22-25,46-48,62-63,66H,1-4,11-21,26-43,57-58H2,(H6-,59,60,61,64,65,67,73)/p+1/t46-,47-,48?,70?/m0/s1. The molecule has 434 valence electrons. The van der Waals surface area contributed by atoms with Crippen molar-refractivity contribution in [2.75, 3.05) is 72.0 Å². The molecule has 22 heteroatoms. The van der Waals surface area contributed by atoms with Crippen LogP contribution in [0.4, 0.5) is 4.79 Å². The Morgan fingerprint density at radius 2 is 1.19 bits per heavy atom. The summed E-state index contributed by atoms with van der Waals surface area (Å²) < 4.78 is 10.8. The van der Waals surface area contributed by atoms with Crippen LogP contribution in [0.2, 0.25) is 0 Å². The van der Waals surface area contributed by atoms with Crippen LogP contribution in [0.25, 0.3) is 0 Å². The van der Waals surface area contributed by atoms with E-state index in [1.807, 2.05) is 48.5 Å². The van der Waals surface area contributed by atoms with Gasteiger partial charge in [-0.25, -0.2) is 15.0 Å². The van der Waals surface area contributed by atoms with Gasteiger partial charge in [-0.15, -0.1) is 4.48 Å². The summed E-state index contributed by atoms with van der Waals surface area (Å²) in [6, 6.07) is 15.0. The Morgan fingerprint density at radius 1 is 0.615 bits per heavy atom. The molecule has 2 aliphatic heterocycles. The monoisotopic (exact) mass is 1090 g/mol. The highest BCUT2D eigenvalue weighted by Gasteiger charge is 2.67. The van der Waals surface area contributed by atoms with E-state index in [9.17, 15) is 14.4 Å². The van der Waals surface area contributed by atoms with Crippen LogP contribution >= 0.6 is 0 Å². The first-order valence-electron chi connectivity index (χ1n) is 28.6. The summed E-state index contributed by atoms with van der Waals surface area (Å²) in [6.07, 6.45) is 10.8. The van der Waals surface area contributed by atoms with Gasteiger partial charge in [-0.3, -0.25) is 34.7 Å². The number of aliphatic imine (C=N–C) groups is 2. The highest BCUT2D eigenvalue weighted by Crippen LogP contribution is 2.39. The van der Waals surface area contributed by atoms with E-state index >= 15 is 14.4 Å². The summed E-state index contributed by atoms with van der Waals surface area (Å²) in [5, 5.41) is 11.0. The lowest BCUT2D eigenvalue weighted by molar-refractivity contribution is -0.803. The number of nitrogens with one attached hydrogen (secondary N) is 4. The molecule has 78 heavy (non-hydrogen) atoms. The fraction of sp³-hybridized carbons (Fsp3) is 0.643. The maximum Gasteiger partial charge on any atom is 0.525 e. The van der Waals surface area contributed by atoms with Gasteiger partial charge in [0.25, 0.3) is 5.91 Å². The second kappa shape index (κ2) is 37.7. The van der Waals surface area contributed by atoms with E-state index in [4.69, 9.17) is 38.1 Å². The lowest BCUT2D eigenvalue weighted by atomic mass is 10.1. The van der Waals surface area contributed by atoms with Gasteiger partial charge in [-0.05, 0) is 127 Å². The van der Waals surface area contributed by atoms with Crippen molar-refractivity contribution >= 4 is 47.6 Å². The number of nitrogens with zero attached hydrogens (tertiary/aromatic N) is 5. The number of carbonyl (C=O) groups excluding carboxylic acids is 6. The molecule has 2 heterocycles. The van der Waals surface area contributed by atoms with E-state index in [0.717, 1.165) is 70.1 Å². The molecular formula is C56H93N14O8+. The number of likely N-dealkylation sites (tertiary alicyclic amines) is 2. The number of imide groups is 1. The molecule has 2 aliphatic rings. The number of hydrazine groups is 1. The number of hydrogen-bond acceptors (Lipinski definition) is 15. The molecule has 0 bridgehead atoms. The van der Waals surface area contributed by atoms with E-state index in [1.165, 1.54) is 5.01 Å². The number of hydrogen-bond donors (Lipinski definition) is 9. The Kier molecular flexibility index (Phi) is 31.2. The third kappa shape index (κ3) is 22.4. The maximum atomic E-state index is 15.2. The van der Waals surface area contributed by atoms with Gasteiger partial charge in [-0.1, -0.05) is 86.3 Å². The number of quaternary nitrogens is 1. The fourth-order valence-electron chi connectivity index (χ4n) is 9.95. The predicted octanol–water partition coefficient (Wildman–Crippen LogP) is 3.31. The normalized spacial score (nSPS) is 18.1. The molecule has 0 saturated carbocycles. The van der Waals surface area contributed by atoms with Gasteiger partial charge >= 0.3 is 18.0 Å². The SMILES string of the molecule is NCCCCNCCCNN(CCCCNCCCN)C(=O)[C@@H]1CCC(C(=O)OCc2ccccc2)[N+]1(C(=O)CCCCCCN=C(N)NC(=O)[C@@H]1CCCN1C(=O)CCCCCCN=C(N)N)C(=O)OCc1ccccc1. The van der Waals surface area contributed by atoms with Gasteiger partial charge in [0.2, 0.25) is 17.9 Å². The molecular weight excluding hydrogens is 997 g/mol. The van der Waals surface area contributed by atoms with E-state index < -0.39 is 46.5 Å². The van der Waals surface area contributed by atoms with Crippen molar-refractivity contribution in [2.45, 2.75) is 160 Å². The zero-order chi connectivity index (χ0) is 56.2. The number of esters is 1. The first-order chi connectivity index (χ1) is 37.9. The third-order valence-electron chi connectivity index (χ3n) is 14.1. The molecule has 2 fully saturated rings. The van der Waals surface area contributed by atoms with Crippen molar-refractivity contribution in [2.24, 2.45) is 38.7 Å². The number of ether oxygens (including phenoxy) is 2. The molecule has 0 aliphatic carbocycles. The van der Waals surface area contributed by atoms with Crippen LogP contribution in [0, 0.1) is 0 Å². The van der Waals surface area contributed by atoms with Gasteiger partial charge in [0.15, 0.2) is 18.0 Å². The van der Waals surface area contributed by atoms with E-state index in [-0.39, 0.29) is 56.2 Å². The van der Waals surface area contributed by atoms with E-state index in [1.54, 1.807) is 17.0 Å². The summed E-state index contributed by atoms with van der Waals surface area (Å²) in [4.78, 5) is 96.3. The molecule has 2 unspecified atom stereocenters. The first kappa shape index (κ1) is 64.5. The molecule has 0 spiro atoms. The number of carbonyl (C=O) groups is 6. The Bertz CT molecular complexity index is 2150. The van der Waals surface area contributed by atoms with Crippen molar-refractivity contribution in [3.63, 3.8) is 0 Å². The summed E-state index contributed by atoms with van der Waals surface area (Å²) in [5.74, 6) is -2.23. The molecule has 2 saturated heterocycles. The third-order valence-corrected chi connectivity index (χ3v) is 14.1. The topological polar surface area (TPSA) is 330 Å². The molecule has 2 aromatic carbocycles. The molecule has 0 radical (unpaired) electrons. The number of nitrogens with two attached hydrogens (primary N) is 5. The Balaban J connectivity index is 1.47. The molecule has 14 N–H and O–H groups in total. The zero-order valence-corrected chi connectivity index (χ0v) is 46.2. The van der Waals surface area contributed by atoms with Crippen molar-refractivity contribution in [1.82, 2.24) is 31.3 Å². The van der Waals surface area contributed by atoms with Crippen LogP contribution in [-0.4, -0.2) is 152 Å². The van der Waals surface area contributed by atoms with Gasteiger partial charge in [0, 0.05) is 52.0 Å². The van der Waals surface area contributed by atoms with Crippen LogP contribution in [0.1, 0.15) is 140 Å². The smallest absolute Gasteiger partial charge is 0.456 e. The molecule has 2 aromatic rings. The lowest BCUT2D eigenvalue weighted by Crippen LogP contribution is -2.70. The average molecular weight is 1090 g/mol. The minimum absolute atomic E-state index is 0.0382. The molecule has 22 nitrogen and oxygen atoms in total. The number of amides is 5. The number of benzene rings is 2. The molecule has 0 aromatic heterocycles. The zero-order valence-electron chi connectivity index (χ0n) is 46.2. The summed E-state index contributed by atoms with van der Waals surface area (Å²) >= 11 is 0. The van der Waals surface area contributed by atoms with Gasteiger partial charge in [-0.2, -0.15) is 4.79 Å². The number of guanidine groups is 2. The number of rotatable bonds is 38. The van der Waals surface area contributed by atoms with Crippen LogP contribution < -0.4 is 50.0 Å². The van der Waals surface area contributed by atoms with Gasteiger partial charge in [0.05, 0.1) is 6.42 Å². The van der Waals surface area contributed by atoms with Crippen LogP contribution in [0.5, 0.6) is 0 Å². The highest BCUT2D eigenvalue weighted by molar-refractivity contribution is 6.00. The lowest BCUT2D eigenvalue weighted by Gasteiger charge is -2.38. The maximum absolute atomic E-state index is 15.2. The first-order valence-corrected chi connectivity index (χ1v) is 28.6. The van der Waals surface area contributed by atoms with Gasteiger partial charge < -0.3 is 53.7 Å². The highest BCUT2D eigenvalue weighted by atomic mass is 16.6. The number of unbranched alkanes of at least 4 members (excludes halogenated alkanes) is 8. The minimum atomic E-state index is -1.34. The summed E-state index contributed by atoms with van der Waals surface area (Å²) in [6.45, 7) is 6.10. The molecule has 4 atom stereocenters. The van der Waals surface area contributed by atoms with Crippen LogP contribution in [0.3, 0.4) is 0 Å². The largest absolute Gasteiger partial charge is 0.525 e. The Hall–Kier alpha value is -6.04. The van der Waals surface area contributed by atoms with Gasteiger partial charge in [0.1, 0.15) is 19.3 Å². The van der Waals surface area contributed by atoms with Crippen LogP contribution in [-0.2, 0) is 46.7 Å². The van der Waals surface area contributed by atoms with E-state index in [2.05, 4.69) is 31.4 Å². The molecule has 5 amide bonds. The predicted molar refractivity (Wildman–Crippen MR) is 302 cm³/mol. The Morgan fingerprint density at radius 3 is 1.85 bits per heavy atom. The fourth-order valence-corrected chi connectivity index (χ4v) is 9.95. The Labute approximate surface area is 462 Å². The minimum Gasteiger partial charge on any atom is -0.456 e. The quantitative estimate of drug-likeness (QED) is 0.0116. The van der Waals surface area contributed by atoms with Crippen molar-refractivity contribution in [3.8, 4) is 0 Å².